The molecule has 1 fully saturated rings. The third-order valence-corrected chi connectivity index (χ3v) is 8.75. The molecule has 0 radical (unpaired) electrons. The number of fused-ring (bicyclic) bond motifs is 3. The van der Waals surface area contributed by atoms with E-state index in [4.69, 9.17) is 14.0 Å². The zero-order valence-electron chi connectivity index (χ0n) is 21.4. The van der Waals surface area contributed by atoms with Gasteiger partial charge in [0.05, 0.1) is 24.4 Å². The first-order chi connectivity index (χ1) is 16.8. The van der Waals surface area contributed by atoms with E-state index < -0.39 is 8.07 Å². The van der Waals surface area contributed by atoms with Gasteiger partial charge in [0.2, 0.25) is 0 Å². The van der Waals surface area contributed by atoms with Crippen molar-refractivity contribution in [3.8, 4) is 0 Å². The molecule has 5 rings (SSSR count). The van der Waals surface area contributed by atoms with Crippen LogP contribution in [-0.2, 0) is 22.8 Å². The van der Waals surface area contributed by atoms with Gasteiger partial charge in [-0.1, -0.05) is 38.1 Å². The van der Waals surface area contributed by atoms with E-state index in [1.807, 2.05) is 25.4 Å². The Morgan fingerprint density at radius 3 is 2.80 bits per heavy atom. The van der Waals surface area contributed by atoms with Crippen LogP contribution in [0, 0.1) is 12.8 Å². The quantitative estimate of drug-likeness (QED) is 0.221. The zero-order valence-corrected chi connectivity index (χ0v) is 22.4. The maximum Gasteiger partial charge on any atom is 0.179 e. The minimum atomic E-state index is -1.11. The summed E-state index contributed by atoms with van der Waals surface area (Å²) in [5, 5.41) is 13.2. The van der Waals surface area contributed by atoms with Crippen LogP contribution in [0.3, 0.4) is 0 Å². The molecule has 4 aromatic heterocycles. The first-order valence-corrected chi connectivity index (χ1v) is 16.3. The number of aryl methyl sites for hydroxylation is 1. The lowest BCUT2D eigenvalue weighted by Crippen LogP contribution is -2.22. The average molecular weight is 497 g/mol. The number of aromatic nitrogens is 6. The maximum absolute atomic E-state index is 6.24. The van der Waals surface area contributed by atoms with Crippen LogP contribution in [0.15, 0.2) is 29.0 Å². The van der Waals surface area contributed by atoms with Gasteiger partial charge in [0.15, 0.2) is 11.3 Å². The minimum Gasteiger partial charge on any atom is -0.372 e. The van der Waals surface area contributed by atoms with Crippen molar-refractivity contribution >= 4 is 24.9 Å². The maximum atomic E-state index is 6.24. The van der Waals surface area contributed by atoms with Crippen LogP contribution in [-0.4, -0.2) is 50.1 Å². The number of rotatable bonds is 10. The molecule has 3 atom stereocenters. The highest BCUT2D eigenvalue weighted by atomic mass is 28.3. The fourth-order valence-corrected chi connectivity index (χ4v) is 5.83. The second-order valence-corrected chi connectivity index (χ2v) is 16.6. The summed E-state index contributed by atoms with van der Waals surface area (Å²) in [5.41, 5.74) is 3.54. The fraction of sp³-hybridized carbons (Fsp3) is 0.600. The normalized spacial score (nSPS) is 21.0. The van der Waals surface area contributed by atoms with Gasteiger partial charge in [-0.2, -0.15) is 0 Å². The first kappa shape index (κ1) is 24.1. The molecule has 4 aromatic rings. The van der Waals surface area contributed by atoms with Crippen LogP contribution in [0.4, 0.5) is 0 Å². The molecule has 4 heterocycles. The Morgan fingerprint density at radius 1 is 1.20 bits per heavy atom. The van der Waals surface area contributed by atoms with Crippen molar-refractivity contribution in [1.29, 1.82) is 0 Å². The first-order valence-electron chi connectivity index (χ1n) is 12.6. The fourth-order valence-electron chi connectivity index (χ4n) is 5.08. The van der Waals surface area contributed by atoms with Crippen molar-refractivity contribution in [2.75, 3.05) is 6.61 Å². The third-order valence-electron chi connectivity index (χ3n) is 7.05. The number of ether oxygens (including phenoxy) is 2. The van der Waals surface area contributed by atoms with Crippen LogP contribution in [0.1, 0.15) is 49.4 Å². The summed E-state index contributed by atoms with van der Waals surface area (Å²) in [6, 6.07) is 5.18. The summed E-state index contributed by atoms with van der Waals surface area (Å²) in [7, 11) is -1.11. The van der Waals surface area contributed by atoms with E-state index >= 15 is 0 Å². The van der Waals surface area contributed by atoms with Crippen LogP contribution in [0.25, 0.3) is 16.8 Å². The van der Waals surface area contributed by atoms with Gasteiger partial charge in [0, 0.05) is 32.9 Å². The Morgan fingerprint density at radius 2 is 2.06 bits per heavy atom. The molecule has 0 aliphatic heterocycles. The highest BCUT2D eigenvalue weighted by molar-refractivity contribution is 6.76. The lowest BCUT2D eigenvalue weighted by atomic mass is 9.93. The predicted octanol–water partition coefficient (Wildman–Crippen LogP) is 5.18. The van der Waals surface area contributed by atoms with Crippen LogP contribution >= 0.6 is 0 Å². The summed E-state index contributed by atoms with van der Waals surface area (Å²) in [4.78, 5) is 4.68. The molecule has 0 amide bonds. The van der Waals surface area contributed by atoms with E-state index in [0.29, 0.717) is 19.3 Å². The molecule has 10 heteroatoms. The van der Waals surface area contributed by atoms with Crippen molar-refractivity contribution in [2.24, 2.45) is 5.92 Å². The Kier molecular flexibility index (Phi) is 6.78. The third kappa shape index (κ3) is 5.19. The van der Waals surface area contributed by atoms with Gasteiger partial charge in [-0.05, 0) is 37.8 Å². The van der Waals surface area contributed by atoms with E-state index in [9.17, 15) is 0 Å². The monoisotopic (exact) mass is 496 g/mol. The van der Waals surface area contributed by atoms with E-state index in [0.717, 1.165) is 66.0 Å². The molecule has 0 spiro atoms. The molecule has 188 valence electrons. The standard InChI is InChI=1S/C25H36N6O3Si/c1-6-18-12-20(33-15-19-11-17(2)34-29-19)13-21(18)24-28-27-23-14-26-25-22(31(23)24)7-8-30(25)16-32-9-10-35(3,4)5/h7-8,11,14,18,20-21H,6,9-10,12-13,15-16H2,1-5H3. The van der Waals surface area contributed by atoms with Crippen LogP contribution < -0.4 is 0 Å². The highest BCUT2D eigenvalue weighted by Crippen LogP contribution is 2.42. The number of nitrogens with zero attached hydrogens (tertiary/aromatic N) is 6. The van der Waals surface area contributed by atoms with E-state index in [1.165, 1.54) is 0 Å². The Labute approximate surface area is 206 Å². The lowest BCUT2D eigenvalue weighted by molar-refractivity contribution is 0.0390. The van der Waals surface area contributed by atoms with E-state index in [2.05, 4.69) is 61.9 Å². The molecule has 0 bridgehead atoms. The van der Waals surface area contributed by atoms with Gasteiger partial charge in [0.1, 0.15) is 24.0 Å². The van der Waals surface area contributed by atoms with Crippen LogP contribution in [0.5, 0.6) is 0 Å². The smallest absolute Gasteiger partial charge is 0.179 e. The zero-order chi connectivity index (χ0) is 24.6. The summed E-state index contributed by atoms with van der Waals surface area (Å²) >= 11 is 0. The van der Waals surface area contributed by atoms with Crippen LogP contribution in [0.2, 0.25) is 25.7 Å². The largest absolute Gasteiger partial charge is 0.372 e. The van der Waals surface area contributed by atoms with Crippen molar-refractivity contribution in [3.63, 3.8) is 0 Å². The van der Waals surface area contributed by atoms with Crippen molar-refractivity contribution < 1.29 is 14.0 Å². The minimum absolute atomic E-state index is 0.163. The molecule has 0 aromatic carbocycles. The highest BCUT2D eigenvalue weighted by Gasteiger charge is 2.38. The summed E-state index contributed by atoms with van der Waals surface area (Å²) in [6.45, 7) is 13.0. The molecule has 3 unspecified atom stereocenters. The Hall–Kier alpha value is -2.56. The van der Waals surface area contributed by atoms with Gasteiger partial charge in [0.25, 0.3) is 0 Å². The van der Waals surface area contributed by atoms with Gasteiger partial charge < -0.3 is 18.6 Å². The topological polar surface area (TPSA) is 92.5 Å². The van der Waals surface area contributed by atoms with Crippen molar-refractivity contribution in [1.82, 2.24) is 29.3 Å². The molecular weight excluding hydrogens is 460 g/mol. The number of hydrogen-bond acceptors (Lipinski definition) is 7. The Balaban J connectivity index is 1.35. The molecular formula is C25H36N6O3Si. The van der Waals surface area contributed by atoms with Gasteiger partial charge in [-0.25, -0.2) is 4.98 Å². The molecule has 0 saturated heterocycles. The Bertz CT molecular complexity index is 1290. The van der Waals surface area contributed by atoms with E-state index in [1.54, 1.807) is 0 Å². The molecule has 1 saturated carbocycles. The number of hydrogen-bond donors (Lipinski definition) is 0. The van der Waals surface area contributed by atoms with Gasteiger partial charge >= 0.3 is 0 Å². The molecule has 35 heavy (non-hydrogen) atoms. The summed E-state index contributed by atoms with van der Waals surface area (Å²) in [6.07, 6.45) is 7.02. The van der Waals surface area contributed by atoms with Crippen molar-refractivity contribution in [2.45, 2.75) is 84.2 Å². The summed E-state index contributed by atoms with van der Waals surface area (Å²) in [5.74, 6) is 2.57. The van der Waals surface area contributed by atoms with Gasteiger partial charge in [-0.15, -0.1) is 10.2 Å². The molecule has 1 aliphatic rings. The van der Waals surface area contributed by atoms with Gasteiger partial charge in [-0.3, -0.25) is 4.40 Å². The van der Waals surface area contributed by atoms with Crippen molar-refractivity contribution in [3.05, 3.63) is 41.8 Å². The average Bonchev–Trinajstić information content (AvgIpc) is 3.59. The van der Waals surface area contributed by atoms with E-state index in [-0.39, 0.29) is 12.0 Å². The molecule has 0 N–H and O–H groups in total. The second kappa shape index (κ2) is 9.83. The lowest BCUT2D eigenvalue weighted by Gasteiger charge is -2.16. The second-order valence-electron chi connectivity index (χ2n) is 11.0. The molecule has 9 nitrogen and oxygen atoms in total. The molecule has 1 aliphatic carbocycles. The predicted molar refractivity (Wildman–Crippen MR) is 136 cm³/mol. The SMILES string of the molecule is CCC1CC(OCc2cc(C)on2)CC1c1nnc2cnc3c(ccn3COCC[Si](C)(C)C)n12. The summed E-state index contributed by atoms with van der Waals surface area (Å²) < 4.78 is 21.6.